The van der Waals surface area contributed by atoms with Gasteiger partial charge in [-0.3, -0.25) is 4.79 Å². The third-order valence-corrected chi connectivity index (χ3v) is 4.24. The van der Waals surface area contributed by atoms with E-state index in [9.17, 15) is 4.79 Å². The number of hydrogen-bond donors (Lipinski definition) is 2. The van der Waals surface area contributed by atoms with Crippen LogP contribution in [0.25, 0.3) is 0 Å². The SMILES string of the molecule is CN(CC(=O)N1CCCC1)c1ncn[nH]1.Oc1ccc(Cl)c(Cl)c1. The summed E-state index contributed by atoms with van der Waals surface area (Å²) in [5.41, 5.74) is 0. The molecule has 0 spiro atoms. The third kappa shape index (κ3) is 5.28. The molecule has 9 heteroatoms. The maximum atomic E-state index is 11.8. The highest BCUT2D eigenvalue weighted by Crippen LogP contribution is 2.25. The summed E-state index contributed by atoms with van der Waals surface area (Å²) in [7, 11) is 1.83. The van der Waals surface area contributed by atoms with Crippen LogP contribution in [0.15, 0.2) is 24.5 Å². The van der Waals surface area contributed by atoms with Crippen molar-refractivity contribution in [2.24, 2.45) is 0 Å². The number of likely N-dealkylation sites (N-methyl/N-ethyl adjacent to an activating group) is 1. The number of phenolic OH excluding ortho intramolecular Hbond substituents is 1. The van der Waals surface area contributed by atoms with E-state index in [1.165, 1.54) is 18.5 Å². The highest BCUT2D eigenvalue weighted by molar-refractivity contribution is 6.42. The smallest absolute Gasteiger partial charge is 0.242 e. The summed E-state index contributed by atoms with van der Waals surface area (Å²) >= 11 is 11.1. The quantitative estimate of drug-likeness (QED) is 0.865. The first kappa shape index (κ1) is 18.4. The van der Waals surface area contributed by atoms with Gasteiger partial charge in [0.25, 0.3) is 0 Å². The minimum atomic E-state index is 0.129. The predicted molar refractivity (Wildman–Crippen MR) is 93.6 cm³/mol. The molecule has 0 bridgehead atoms. The summed E-state index contributed by atoms with van der Waals surface area (Å²) in [6.07, 6.45) is 3.68. The van der Waals surface area contributed by atoms with Crippen molar-refractivity contribution in [3.05, 3.63) is 34.6 Å². The Morgan fingerprint density at radius 3 is 2.58 bits per heavy atom. The van der Waals surface area contributed by atoms with E-state index in [-0.39, 0.29) is 11.7 Å². The largest absolute Gasteiger partial charge is 0.508 e. The summed E-state index contributed by atoms with van der Waals surface area (Å²) in [6.45, 7) is 2.14. The third-order valence-electron chi connectivity index (χ3n) is 3.50. The first-order valence-corrected chi connectivity index (χ1v) is 8.21. The number of hydrogen-bond acceptors (Lipinski definition) is 5. The molecule has 24 heavy (non-hydrogen) atoms. The van der Waals surface area contributed by atoms with Gasteiger partial charge in [-0.1, -0.05) is 23.2 Å². The van der Waals surface area contributed by atoms with E-state index in [0.717, 1.165) is 25.9 Å². The fraction of sp³-hybridized carbons (Fsp3) is 0.400. The highest BCUT2D eigenvalue weighted by atomic mass is 35.5. The predicted octanol–water partition coefficient (Wildman–Crippen LogP) is 2.56. The summed E-state index contributed by atoms with van der Waals surface area (Å²) in [4.78, 5) is 19.4. The fourth-order valence-corrected chi connectivity index (χ4v) is 2.50. The molecule has 130 valence electrons. The van der Waals surface area contributed by atoms with Crippen molar-refractivity contribution in [1.29, 1.82) is 0 Å². The van der Waals surface area contributed by atoms with Crippen LogP contribution in [0.5, 0.6) is 5.75 Å². The molecule has 1 saturated heterocycles. The van der Waals surface area contributed by atoms with Gasteiger partial charge in [0, 0.05) is 20.1 Å². The summed E-state index contributed by atoms with van der Waals surface area (Å²) in [5.74, 6) is 0.915. The van der Waals surface area contributed by atoms with Crippen LogP contribution in [0.3, 0.4) is 0 Å². The number of H-pyrrole nitrogens is 1. The molecule has 1 amide bonds. The number of likely N-dealkylation sites (tertiary alicyclic amines) is 1. The molecule has 1 fully saturated rings. The lowest BCUT2D eigenvalue weighted by atomic mass is 10.3. The maximum Gasteiger partial charge on any atom is 0.242 e. The van der Waals surface area contributed by atoms with Crippen LogP contribution in [-0.2, 0) is 4.79 Å². The number of amides is 1. The molecule has 7 nitrogen and oxygen atoms in total. The Hall–Kier alpha value is -1.99. The van der Waals surface area contributed by atoms with E-state index in [2.05, 4.69) is 15.2 Å². The van der Waals surface area contributed by atoms with Crippen molar-refractivity contribution in [1.82, 2.24) is 20.1 Å². The van der Waals surface area contributed by atoms with Crippen molar-refractivity contribution in [3.8, 4) is 5.75 Å². The fourth-order valence-electron chi connectivity index (χ4n) is 2.21. The molecular formula is C15H19Cl2N5O2. The zero-order valence-electron chi connectivity index (χ0n) is 13.2. The molecule has 1 aromatic heterocycles. The van der Waals surface area contributed by atoms with Gasteiger partial charge in [0.15, 0.2) is 0 Å². The van der Waals surface area contributed by atoms with Gasteiger partial charge in [-0.25, -0.2) is 5.10 Å². The minimum absolute atomic E-state index is 0.129. The Kier molecular flexibility index (Phi) is 6.69. The number of carbonyl (C=O) groups excluding carboxylic acids is 1. The summed E-state index contributed by atoms with van der Waals surface area (Å²) < 4.78 is 0. The van der Waals surface area contributed by atoms with Gasteiger partial charge in [0.1, 0.15) is 12.1 Å². The highest BCUT2D eigenvalue weighted by Gasteiger charge is 2.19. The number of nitrogens with one attached hydrogen (secondary N) is 1. The van der Waals surface area contributed by atoms with Crippen molar-refractivity contribution in [2.75, 3.05) is 31.6 Å². The zero-order valence-corrected chi connectivity index (χ0v) is 14.8. The molecular weight excluding hydrogens is 353 g/mol. The summed E-state index contributed by atoms with van der Waals surface area (Å²) in [5, 5.41) is 16.1. The van der Waals surface area contributed by atoms with E-state index in [0.29, 0.717) is 22.5 Å². The van der Waals surface area contributed by atoms with Crippen molar-refractivity contribution in [2.45, 2.75) is 12.8 Å². The summed E-state index contributed by atoms with van der Waals surface area (Å²) in [6, 6.07) is 4.41. The van der Waals surface area contributed by atoms with Crippen LogP contribution in [0.2, 0.25) is 10.0 Å². The van der Waals surface area contributed by atoms with Crippen LogP contribution < -0.4 is 4.90 Å². The second kappa shape index (κ2) is 8.75. The molecule has 0 radical (unpaired) electrons. The van der Waals surface area contributed by atoms with Crippen molar-refractivity contribution < 1.29 is 9.90 Å². The second-order valence-corrected chi connectivity index (χ2v) is 6.17. The van der Waals surface area contributed by atoms with E-state index in [4.69, 9.17) is 28.3 Å². The first-order chi connectivity index (χ1) is 11.5. The number of aromatic amines is 1. The number of halogens is 2. The van der Waals surface area contributed by atoms with Gasteiger partial charge < -0.3 is 14.9 Å². The number of aromatic hydroxyl groups is 1. The van der Waals surface area contributed by atoms with E-state index < -0.39 is 0 Å². The van der Waals surface area contributed by atoms with Crippen molar-refractivity contribution in [3.63, 3.8) is 0 Å². The van der Waals surface area contributed by atoms with Crippen LogP contribution in [0, 0.1) is 0 Å². The zero-order chi connectivity index (χ0) is 17.5. The number of phenols is 1. The van der Waals surface area contributed by atoms with Crippen LogP contribution in [-0.4, -0.2) is 57.8 Å². The number of carbonyl (C=O) groups is 1. The lowest BCUT2D eigenvalue weighted by Crippen LogP contribution is -2.37. The Bertz CT molecular complexity index is 660. The lowest BCUT2D eigenvalue weighted by Gasteiger charge is -2.20. The monoisotopic (exact) mass is 371 g/mol. The van der Waals surface area contributed by atoms with Gasteiger partial charge in [0.05, 0.1) is 16.6 Å². The maximum absolute atomic E-state index is 11.8. The van der Waals surface area contributed by atoms with E-state index in [1.807, 2.05) is 11.9 Å². The molecule has 0 unspecified atom stereocenters. The molecule has 0 atom stereocenters. The topological polar surface area (TPSA) is 85.4 Å². The standard InChI is InChI=1S/C9H15N5O.C6H4Cl2O/c1-13(9-10-7-11-12-9)6-8(15)14-4-2-3-5-14;7-5-2-1-4(9)3-6(5)8/h7H,2-6H2,1H3,(H,10,11,12);1-3,9H. The van der Waals surface area contributed by atoms with Crippen LogP contribution >= 0.6 is 23.2 Å². The molecule has 1 aliphatic rings. The number of benzene rings is 1. The van der Waals surface area contributed by atoms with E-state index in [1.54, 1.807) is 11.0 Å². The first-order valence-electron chi connectivity index (χ1n) is 7.45. The lowest BCUT2D eigenvalue weighted by molar-refractivity contribution is -0.128. The number of aromatic nitrogens is 3. The molecule has 0 aliphatic carbocycles. The minimum Gasteiger partial charge on any atom is -0.508 e. The molecule has 1 aromatic carbocycles. The van der Waals surface area contributed by atoms with Crippen LogP contribution in [0.1, 0.15) is 12.8 Å². The number of nitrogens with zero attached hydrogens (tertiary/aromatic N) is 4. The Morgan fingerprint density at radius 2 is 2.04 bits per heavy atom. The average Bonchev–Trinajstić information content (AvgIpc) is 3.24. The molecule has 2 N–H and O–H groups in total. The van der Waals surface area contributed by atoms with Gasteiger partial charge in [-0.05, 0) is 31.0 Å². The van der Waals surface area contributed by atoms with E-state index >= 15 is 0 Å². The van der Waals surface area contributed by atoms with Gasteiger partial charge >= 0.3 is 0 Å². The molecule has 1 aliphatic heterocycles. The average molecular weight is 372 g/mol. The normalized spacial score (nSPS) is 13.4. The Labute approximate surface area is 150 Å². The number of anilines is 1. The molecule has 2 heterocycles. The second-order valence-electron chi connectivity index (χ2n) is 5.35. The number of rotatable bonds is 3. The van der Waals surface area contributed by atoms with Gasteiger partial charge in [0.2, 0.25) is 11.9 Å². The van der Waals surface area contributed by atoms with Gasteiger partial charge in [-0.2, -0.15) is 10.1 Å². The molecule has 2 aromatic rings. The Balaban J connectivity index is 0.000000198. The van der Waals surface area contributed by atoms with Crippen LogP contribution in [0.4, 0.5) is 5.95 Å². The van der Waals surface area contributed by atoms with Crippen molar-refractivity contribution >= 4 is 35.1 Å². The molecule has 3 rings (SSSR count). The van der Waals surface area contributed by atoms with Gasteiger partial charge in [-0.15, -0.1) is 0 Å². The Morgan fingerprint density at radius 1 is 1.33 bits per heavy atom. The molecule has 0 saturated carbocycles.